The van der Waals surface area contributed by atoms with Crippen molar-refractivity contribution in [3.8, 4) is 11.5 Å². The normalized spacial score (nSPS) is 12.0. The Labute approximate surface area is 191 Å². The molecule has 0 bridgehead atoms. The molecule has 1 heterocycles. The van der Waals surface area contributed by atoms with Gasteiger partial charge < -0.3 is 19.8 Å². The van der Waals surface area contributed by atoms with Gasteiger partial charge in [-0.25, -0.2) is 0 Å². The zero-order chi connectivity index (χ0) is 22.9. The van der Waals surface area contributed by atoms with Crippen molar-refractivity contribution < 1.29 is 14.3 Å². The first-order valence-electron chi connectivity index (χ1n) is 11.7. The van der Waals surface area contributed by atoms with Crippen LogP contribution in [-0.2, 0) is 11.2 Å². The number of amides is 1. The fourth-order valence-corrected chi connectivity index (χ4v) is 4.43. The number of fused-ring (bicyclic) bond motifs is 1. The molecule has 1 atom stereocenters. The Morgan fingerprint density at radius 2 is 1.81 bits per heavy atom. The maximum absolute atomic E-state index is 13.0. The minimum absolute atomic E-state index is 0.0531. The van der Waals surface area contributed by atoms with E-state index >= 15 is 0 Å². The van der Waals surface area contributed by atoms with Crippen LogP contribution in [0.1, 0.15) is 68.6 Å². The van der Waals surface area contributed by atoms with Crippen molar-refractivity contribution in [3.05, 3.63) is 59.3 Å². The Bertz CT molecular complexity index is 1020. The number of para-hydroxylation sites is 2. The highest BCUT2D eigenvalue weighted by molar-refractivity contribution is 5.88. The predicted molar refractivity (Wildman–Crippen MR) is 131 cm³/mol. The summed E-state index contributed by atoms with van der Waals surface area (Å²) in [5.74, 6) is 1.25. The molecule has 5 nitrogen and oxygen atoms in total. The van der Waals surface area contributed by atoms with Gasteiger partial charge in [0, 0.05) is 41.5 Å². The molecule has 3 rings (SSSR count). The topological polar surface area (TPSA) is 63.4 Å². The lowest BCUT2D eigenvalue weighted by Crippen LogP contribution is -2.26. The number of methoxy groups -OCH3 is 2. The molecule has 0 saturated heterocycles. The number of aromatic nitrogens is 1. The maximum atomic E-state index is 13.0. The average molecular weight is 437 g/mol. The van der Waals surface area contributed by atoms with E-state index in [9.17, 15) is 4.79 Å². The Balaban J connectivity index is 1.97. The Kier molecular flexibility index (Phi) is 8.60. The lowest BCUT2D eigenvalue weighted by molar-refractivity contribution is -0.121. The third-order valence-corrected chi connectivity index (χ3v) is 6.14. The molecule has 172 valence electrons. The van der Waals surface area contributed by atoms with Crippen molar-refractivity contribution in [3.63, 3.8) is 0 Å². The van der Waals surface area contributed by atoms with Gasteiger partial charge in [0.15, 0.2) is 11.5 Å². The summed E-state index contributed by atoms with van der Waals surface area (Å²) in [6.07, 6.45) is 7.89. The molecule has 0 aliphatic carbocycles. The quantitative estimate of drug-likeness (QED) is 0.344. The van der Waals surface area contributed by atoms with Crippen LogP contribution in [0.3, 0.4) is 0 Å². The van der Waals surface area contributed by atoms with E-state index in [1.807, 2.05) is 24.4 Å². The van der Waals surface area contributed by atoms with Gasteiger partial charge >= 0.3 is 0 Å². The number of carbonyl (C=O) groups is 1. The van der Waals surface area contributed by atoms with Crippen LogP contribution in [0, 0.1) is 0 Å². The molecule has 2 N–H and O–H groups in total. The molecule has 1 unspecified atom stereocenters. The highest BCUT2D eigenvalue weighted by Crippen LogP contribution is 2.42. The monoisotopic (exact) mass is 436 g/mol. The van der Waals surface area contributed by atoms with Crippen LogP contribution in [0.25, 0.3) is 10.9 Å². The first-order chi connectivity index (χ1) is 15.6. The molecule has 32 heavy (non-hydrogen) atoms. The molecule has 3 aromatic rings. The van der Waals surface area contributed by atoms with Crippen LogP contribution in [0.4, 0.5) is 0 Å². The number of carbonyl (C=O) groups excluding carboxylic acids is 1. The number of hydrogen-bond acceptors (Lipinski definition) is 3. The van der Waals surface area contributed by atoms with E-state index in [1.54, 1.807) is 14.2 Å². The molecular weight excluding hydrogens is 400 g/mol. The zero-order valence-corrected chi connectivity index (χ0v) is 19.8. The average Bonchev–Trinajstić information content (AvgIpc) is 3.26. The van der Waals surface area contributed by atoms with Gasteiger partial charge in [0.25, 0.3) is 0 Å². The molecule has 2 aromatic carbocycles. The molecule has 0 spiro atoms. The SMILES string of the molecule is CCCCCCNC(=O)CC(c1cccc(OC)c1OC)c1c[nH]c2c(CC)cccc12. The van der Waals surface area contributed by atoms with Crippen molar-refractivity contribution in [2.45, 2.75) is 58.3 Å². The van der Waals surface area contributed by atoms with E-state index in [0.29, 0.717) is 24.5 Å². The van der Waals surface area contributed by atoms with Crippen molar-refractivity contribution >= 4 is 16.8 Å². The van der Waals surface area contributed by atoms with Crippen LogP contribution in [0.5, 0.6) is 11.5 Å². The molecule has 5 heteroatoms. The summed E-state index contributed by atoms with van der Waals surface area (Å²) in [5.41, 5.74) is 4.46. The standard InChI is InChI=1S/C27H36N2O3/c1-5-7-8-9-16-28-25(30)17-22(21-14-11-15-24(31-3)27(21)32-4)23-18-29-26-19(6-2)12-10-13-20(23)26/h10-15,18,22,29H,5-9,16-17H2,1-4H3,(H,28,30). The second-order valence-electron chi connectivity index (χ2n) is 8.19. The molecule has 1 amide bonds. The van der Waals surface area contributed by atoms with Crippen molar-refractivity contribution in [1.82, 2.24) is 10.3 Å². The Morgan fingerprint density at radius 3 is 2.53 bits per heavy atom. The Hall–Kier alpha value is -2.95. The minimum Gasteiger partial charge on any atom is -0.493 e. The maximum Gasteiger partial charge on any atom is 0.220 e. The molecule has 0 aliphatic heterocycles. The van der Waals surface area contributed by atoms with Gasteiger partial charge in [-0.05, 0) is 30.0 Å². The third-order valence-electron chi connectivity index (χ3n) is 6.14. The fraction of sp³-hybridized carbons (Fsp3) is 0.444. The number of H-pyrrole nitrogens is 1. The summed E-state index contributed by atoms with van der Waals surface area (Å²) >= 11 is 0. The summed E-state index contributed by atoms with van der Waals surface area (Å²) in [6, 6.07) is 12.2. The lowest BCUT2D eigenvalue weighted by atomic mass is 9.86. The van der Waals surface area contributed by atoms with E-state index in [2.05, 4.69) is 42.3 Å². The summed E-state index contributed by atoms with van der Waals surface area (Å²) < 4.78 is 11.3. The van der Waals surface area contributed by atoms with Crippen LogP contribution in [0.15, 0.2) is 42.6 Å². The van der Waals surface area contributed by atoms with Crippen molar-refractivity contribution in [1.29, 1.82) is 0 Å². The first-order valence-corrected chi connectivity index (χ1v) is 11.7. The largest absolute Gasteiger partial charge is 0.493 e. The number of unbranched alkanes of at least 4 members (excludes halogenated alkanes) is 3. The summed E-state index contributed by atoms with van der Waals surface area (Å²) in [6.45, 7) is 5.06. The highest BCUT2D eigenvalue weighted by atomic mass is 16.5. The molecule has 1 aromatic heterocycles. The molecular formula is C27H36N2O3. The van der Waals surface area contributed by atoms with Gasteiger partial charge in [-0.15, -0.1) is 0 Å². The Morgan fingerprint density at radius 1 is 1.00 bits per heavy atom. The first kappa shape index (κ1) is 23.7. The van der Waals surface area contributed by atoms with Gasteiger partial charge in [0.1, 0.15) is 0 Å². The molecule has 0 fully saturated rings. The van der Waals surface area contributed by atoms with Gasteiger partial charge in [-0.2, -0.15) is 0 Å². The van der Waals surface area contributed by atoms with Gasteiger partial charge in [0.05, 0.1) is 14.2 Å². The second kappa shape index (κ2) is 11.6. The highest BCUT2D eigenvalue weighted by Gasteiger charge is 2.26. The smallest absolute Gasteiger partial charge is 0.220 e. The van der Waals surface area contributed by atoms with Crippen LogP contribution < -0.4 is 14.8 Å². The fourth-order valence-electron chi connectivity index (χ4n) is 4.43. The number of nitrogens with one attached hydrogen (secondary N) is 2. The van der Waals surface area contributed by atoms with E-state index in [1.165, 1.54) is 18.4 Å². The third kappa shape index (κ3) is 5.26. The molecule has 0 aliphatic rings. The van der Waals surface area contributed by atoms with Crippen LogP contribution in [-0.4, -0.2) is 31.7 Å². The number of aromatic amines is 1. The zero-order valence-electron chi connectivity index (χ0n) is 19.8. The predicted octanol–water partition coefficient (Wildman–Crippen LogP) is 5.97. The van der Waals surface area contributed by atoms with Gasteiger partial charge in [-0.3, -0.25) is 4.79 Å². The van der Waals surface area contributed by atoms with Gasteiger partial charge in [0.2, 0.25) is 5.91 Å². The van der Waals surface area contributed by atoms with Crippen LogP contribution in [0.2, 0.25) is 0 Å². The van der Waals surface area contributed by atoms with Crippen LogP contribution >= 0.6 is 0 Å². The van der Waals surface area contributed by atoms with Gasteiger partial charge in [-0.1, -0.05) is 63.4 Å². The number of benzene rings is 2. The van der Waals surface area contributed by atoms with Crippen molar-refractivity contribution in [2.75, 3.05) is 20.8 Å². The number of aryl methyl sites for hydroxylation is 1. The van der Waals surface area contributed by atoms with E-state index in [4.69, 9.17) is 9.47 Å². The lowest BCUT2D eigenvalue weighted by Gasteiger charge is -2.21. The number of rotatable bonds is 12. The number of hydrogen-bond donors (Lipinski definition) is 2. The minimum atomic E-state index is -0.156. The summed E-state index contributed by atoms with van der Waals surface area (Å²) in [4.78, 5) is 16.4. The van der Waals surface area contributed by atoms with E-state index in [0.717, 1.165) is 41.3 Å². The van der Waals surface area contributed by atoms with Crippen molar-refractivity contribution in [2.24, 2.45) is 0 Å². The van der Waals surface area contributed by atoms with E-state index < -0.39 is 0 Å². The van der Waals surface area contributed by atoms with E-state index in [-0.39, 0.29) is 11.8 Å². The summed E-state index contributed by atoms with van der Waals surface area (Å²) in [7, 11) is 3.29. The second-order valence-corrected chi connectivity index (χ2v) is 8.19. The molecule has 0 radical (unpaired) electrons. The molecule has 0 saturated carbocycles. The number of ether oxygens (including phenoxy) is 2. The summed E-state index contributed by atoms with van der Waals surface area (Å²) in [5, 5.41) is 4.27.